The Kier molecular flexibility index (Phi) is 4.30. The van der Waals surface area contributed by atoms with Crippen molar-refractivity contribution >= 4 is 28.3 Å². The van der Waals surface area contributed by atoms with Gasteiger partial charge >= 0.3 is 0 Å². The molecule has 1 heterocycles. The van der Waals surface area contributed by atoms with Gasteiger partial charge in [-0.15, -0.1) is 0 Å². The molecule has 3 N–H and O–H groups in total. The van der Waals surface area contributed by atoms with E-state index in [0.717, 1.165) is 10.1 Å². The molecule has 3 aromatic rings. The second kappa shape index (κ2) is 6.56. The molecule has 0 aliphatic carbocycles. The van der Waals surface area contributed by atoms with Gasteiger partial charge in [-0.2, -0.15) is 5.10 Å². The number of fused-ring (bicyclic) bond motifs is 1. The highest BCUT2D eigenvalue weighted by molar-refractivity contribution is 5.96. The van der Waals surface area contributed by atoms with E-state index in [0.29, 0.717) is 16.6 Å². The summed E-state index contributed by atoms with van der Waals surface area (Å²) >= 11 is 0. The first-order valence-corrected chi connectivity index (χ1v) is 7.64. The lowest BCUT2D eigenvalue weighted by molar-refractivity contribution is -0.119. The van der Waals surface area contributed by atoms with Crippen LogP contribution in [-0.4, -0.2) is 21.6 Å². The van der Waals surface area contributed by atoms with E-state index in [1.165, 1.54) is 12.1 Å². The normalized spacial score (nSPS) is 11.9. The predicted molar refractivity (Wildman–Crippen MR) is 94.3 cm³/mol. The van der Waals surface area contributed by atoms with Crippen LogP contribution in [0.1, 0.15) is 23.3 Å². The van der Waals surface area contributed by atoms with Crippen LogP contribution in [-0.2, 0) is 4.79 Å². The van der Waals surface area contributed by atoms with Gasteiger partial charge in [0.05, 0.1) is 11.6 Å². The summed E-state index contributed by atoms with van der Waals surface area (Å²) in [4.78, 5) is 36.0. The summed E-state index contributed by atoms with van der Waals surface area (Å²) in [6.07, 6.45) is 1.56. The van der Waals surface area contributed by atoms with Crippen LogP contribution in [0.5, 0.6) is 0 Å². The SMILES string of the molecule is CC(C(=O)Nc1ccc(C(N)=O)cc1)n1ncc2ccccc2c1=O. The Balaban J connectivity index is 1.84. The standard InChI is InChI=1S/C18H16N4O3/c1-11(17(24)21-14-8-6-12(7-9-14)16(19)23)22-18(25)15-5-3-2-4-13(15)10-20-22/h2-11H,1H3,(H2,19,23)(H,21,24). The first-order chi connectivity index (χ1) is 12.0. The smallest absolute Gasteiger partial charge is 0.275 e. The minimum absolute atomic E-state index is 0.329. The lowest BCUT2D eigenvalue weighted by Gasteiger charge is -2.14. The number of nitrogens with zero attached hydrogens (tertiary/aromatic N) is 2. The summed E-state index contributed by atoms with van der Waals surface area (Å²) in [5, 5.41) is 8.00. The van der Waals surface area contributed by atoms with E-state index in [1.807, 2.05) is 6.07 Å². The average molecular weight is 336 g/mol. The molecule has 3 rings (SSSR count). The molecule has 1 aromatic heterocycles. The lowest BCUT2D eigenvalue weighted by Crippen LogP contribution is -2.33. The van der Waals surface area contributed by atoms with E-state index < -0.39 is 17.9 Å². The predicted octanol–water partition coefficient (Wildman–Crippen LogP) is 1.70. The molecule has 0 aliphatic heterocycles. The molecule has 25 heavy (non-hydrogen) atoms. The molecule has 7 heteroatoms. The van der Waals surface area contributed by atoms with Gasteiger partial charge in [0.25, 0.3) is 5.56 Å². The first-order valence-electron chi connectivity index (χ1n) is 7.64. The third-order valence-electron chi connectivity index (χ3n) is 3.90. The Labute approximate surface area is 143 Å². The fourth-order valence-corrected chi connectivity index (χ4v) is 2.46. The van der Waals surface area contributed by atoms with Gasteiger partial charge in [-0.1, -0.05) is 18.2 Å². The Bertz CT molecular complexity index is 1010. The van der Waals surface area contributed by atoms with Crippen LogP contribution in [0, 0.1) is 0 Å². The Hall–Kier alpha value is -3.48. The Morgan fingerprint density at radius 2 is 1.80 bits per heavy atom. The molecule has 0 saturated heterocycles. The fourth-order valence-electron chi connectivity index (χ4n) is 2.46. The number of carbonyl (C=O) groups is 2. The molecule has 0 bridgehead atoms. The zero-order valence-corrected chi connectivity index (χ0v) is 13.5. The van der Waals surface area contributed by atoms with E-state index >= 15 is 0 Å². The topological polar surface area (TPSA) is 107 Å². The quantitative estimate of drug-likeness (QED) is 0.756. The molecule has 0 saturated carbocycles. The summed E-state index contributed by atoms with van der Waals surface area (Å²) in [6.45, 7) is 1.59. The summed E-state index contributed by atoms with van der Waals surface area (Å²) in [5.74, 6) is -0.935. The van der Waals surface area contributed by atoms with E-state index in [-0.39, 0.29) is 5.56 Å². The van der Waals surface area contributed by atoms with Gasteiger partial charge in [0.1, 0.15) is 6.04 Å². The molecular formula is C18H16N4O3. The van der Waals surface area contributed by atoms with Crippen molar-refractivity contribution in [2.75, 3.05) is 5.32 Å². The van der Waals surface area contributed by atoms with E-state index in [4.69, 9.17) is 5.73 Å². The largest absolute Gasteiger partial charge is 0.366 e. The molecule has 1 unspecified atom stereocenters. The first kappa shape index (κ1) is 16.4. The Morgan fingerprint density at radius 1 is 1.12 bits per heavy atom. The maximum atomic E-state index is 12.5. The van der Waals surface area contributed by atoms with Crippen molar-refractivity contribution in [3.63, 3.8) is 0 Å². The second-order valence-corrected chi connectivity index (χ2v) is 5.59. The van der Waals surface area contributed by atoms with E-state index in [2.05, 4.69) is 10.4 Å². The average Bonchev–Trinajstić information content (AvgIpc) is 2.62. The summed E-state index contributed by atoms with van der Waals surface area (Å²) < 4.78 is 1.15. The molecule has 0 spiro atoms. The highest BCUT2D eigenvalue weighted by atomic mass is 16.2. The van der Waals surface area contributed by atoms with Gasteiger partial charge < -0.3 is 11.1 Å². The Morgan fingerprint density at radius 3 is 2.48 bits per heavy atom. The number of hydrogen-bond acceptors (Lipinski definition) is 4. The number of amides is 2. The molecule has 0 aliphatic rings. The van der Waals surface area contributed by atoms with E-state index in [1.54, 1.807) is 43.5 Å². The summed E-state index contributed by atoms with van der Waals surface area (Å²) in [5.41, 5.74) is 5.69. The molecule has 2 aromatic carbocycles. The molecule has 7 nitrogen and oxygen atoms in total. The molecule has 0 fully saturated rings. The van der Waals surface area contributed by atoms with Gasteiger partial charge in [0.2, 0.25) is 11.8 Å². The molecule has 2 amide bonds. The number of anilines is 1. The van der Waals surface area contributed by atoms with Gasteiger partial charge in [-0.25, -0.2) is 4.68 Å². The molecule has 1 atom stereocenters. The maximum absolute atomic E-state index is 12.5. The van der Waals surface area contributed by atoms with Crippen molar-refractivity contribution in [2.24, 2.45) is 5.73 Å². The van der Waals surface area contributed by atoms with Crippen molar-refractivity contribution in [3.05, 3.63) is 70.6 Å². The van der Waals surface area contributed by atoms with Gasteiger partial charge in [-0.3, -0.25) is 14.4 Å². The maximum Gasteiger partial charge on any atom is 0.275 e. The van der Waals surface area contributed by atoms with Crippen LogP contribution < -0.4 is 16.6 Å². The van der Waals surface area contributed by atoms with Crippen molar-refractivity contribution in [3.8, 4) is 0 Å². The van der Waals surface area contributed by atoms with Gasteiger partial charge in [0, 0.05) is 16.6 Å². The van der Waals surface area contributed by atoms with Gasteiger partial charge in [-0.05, 0) is 37.3 Å². The number of nitrogens with one attached hydrogen (secondary N) is 1. The van der Waals surface area contributed by atoms with Crippen molar-refractivity contribution in [2.45, 2.75) is 13.0 Å². The highest BCUT2D eigenvalue weighted by Crippen LogP contribution is 2.13. The zero-order chi connectivity index (χ0) is 18.0. The van der Waals surface area contributed by atoms with Crippen LogP contribution in [0.3, 0.4) is 0 Å². The molecular weight excluding hydrogens is 320 g/mol. The van der Waals surface area contributed by atoms with E-state index in [9.17, 15) is 14.4 Å². The van der Waals surface area contributed by atoms with Crippen LogP contribution >= 0.6 is 0 Å². The van der Waals surface area contributed by atoms with Crippen LogP contribution in [0.15, 0.2) is 59.5 Å². The van der Waals surface area contributed by atoms with Crippen molar-refractivity contribution < 1.29 is 9.59 Å². The summed E-state index contributed by atoms with van der Waals surface area (Å²) in [7, 11) is 0. The zero-order valence-electron chi connectivity index (χ0n) is 13.5. The third kappa shape index (κ3) is 3.25. The number of hydrogen-bond donors (Lipinski definition) is 2. The van der Waals surface area contributed by atoms with Crippen molar-refractivity contribution in [1.29, 1.82) is 0 Å². The lowest BCUT2D eigenvalue weighted by atomic mass is 10.2. The molecule has 0 radical (unpaired) electrons. The van der Waals surface area contributed by atoms with Crippen molar-refractivity contribution in [1.82, 2.24) is 9.78 Å². The van der Waals surface area contributed by atoms with Gasteiger partial charge in [0.15, 0.2) is 0 Å². The number of nitrogens with two attached hydrogens (primary N) is 1. The minimum Gasteiger partial charge on any atom is -0.366 e. The number of primary amides is 1. The number of rotatable bonds is 4. The third-order valence-corrected chi connectivity index (χ3v) is 3.90. The number of carbonyl (C=O) groups excluding carboxylic acids is 2. The van der Waals surface area contributed by atoms with Crippen LogP contribution in [0.25, 0.3) is 10.8 Å². The van der Waals surface area contributed by atoms with Crippen LogP contribution in [0.4, 0.5) is 5.69 Å². The summed E-state index contributed by atoms with van der Waals surface area (Å²) in [6, 6.07) is 12.4. The van der Waals surface area contributed by atoms with Crippen LogP contribution in [0.2, 0.25) is 0 Å². The highest BCUT2D eigenvalue weighted by Gasteiger charge is 2.18. The second-order valence-electron chi connectivity index (χ2n) is 5.59. The number of aromatic nitrogens is 2. The number of benzene rings is 2. The monoisotopic (exact) mass is 336 g/mol. The molecule has 126 valence electrons. The fraction of sp³-hybridized carbons (Fsp3) is 0.111. The minimum atomic E-state index is -0.798.